The number of hydrogen-bond acceptors (Lipinski definition) is 5. The second-order valence-electron chi connectivity index (χ2n) is 2.67. The molecular weight excluding hydrogens is 234 g/mol. The van der Waals surface area contributed by atoms with Gasteiger partial charge in [0.1, 0.15) is 0 Å². The Morgan fingerprint density at radius 2 is 2.44 bits per heavy atom. The van der Waals surface area contributed by atoms with E-state index in [0.29, 0.717) is 6.41 Å². The summed E-state index contributed by atoms with van der Waals surface area (Å²) in [5.41, 5.74) is 5.22. The van der Waals surface area contributed by atoms with E-state index in [1.807, 2.05) is 0 Å². The lowest BCUT2D eigenvalue weighted by atomic mass is 10.2. The molecule has 8 nitrogen and oxygen atoms in total. The van der Waals surface area contributed by atoms with Gasteiger partial charge in [-0.05, 0) is 0 Å². The Balaban J connectivity index is 2.87. The van der Waals surface area contributed by atoms with Gasteiger partial charge in [-0.2, -0.15) is 0 Å². The number of anilines is 1. The predicted octanol–water partition coefficient (Wildman–Crippen LogP) is -0.680. The molecule has 0 radical (unpaired) electrons. The summed E-state index contributed by atoms with van der Waals surface area (Å²) in [6.07, 6.45) is 0.441. The third-order valence-electron chi connectivity index (χ3n) is 1.55. The minimum atomic E-state index is -1.21. The number of amides is 1. The number of rotatable bonds is 5. The number of nitrogens with one attached hydrogen (secondary N) is 3. The highest BCUT2D eigenvalue weighted by atomic mass is 32.1. The van der Waals surface area contributed by atoms with Gasteiger partial charge in [0.25, 0.3) is 0 Å². The van der Waals surface area contributed by atoms with E-state index in [0.717, 1.165) is 11.3 Å². The second kappa shape index (κ2) is 5.07. The molecule has 1 atom stereocenters. The Hall–Kier alpha value is -2.16. The Kier molecular flexibility index (Phi) is 3.78. The molecule has 0 bridgehead atoms. The zero-order chi connectivity index (χ0) is 12.1. The molecule has 6 N–H and O–H groups in total. The van der Waals surface area contributed by atoms with Crippen LogP contribution in [-0.2, 0) is 9.59 Å². The number of aliphatic carboxylic acids is 1. The summed E-state index contributed by atoms with van der Waals surface area (Å²) in [7, 11) is 0. The van der Waals surface area contributed by atoms with Gasteiger partial charge in [0.15, 0.2) is 17.1 Å². The van der Waals surface area contributed by atoms with E-state index >= 15 is 0 Å². The molecular formula is C7H9N5O3S. The monoisotopic (exact) mass is 243 g/mol. The van der Waals surface area contributed by atoms with E-state index in [-0.39, 0.29) is 10.8 Å². The number of carboxylic acids is 1. The van der Waals surface area contributed by atoms with Crippen molar-refractivity contribution in [3.63, 3.8) is 0 Å². The minimum absolute atomic E-state index is 0.178. The zero-order valence-electron chi connectivity index (χ0n) is 7.93. The third kappa shape index (κ3) is 2.92. The highest BCUT2D eigenvalue weighted by Crippen LogP contribution is 2.20. The number of nitrogens with zero attached hydrogens (tertiary/aromatic N) is 1. The minimum Gasteiger partial charge on any atom is -0.479 e. The summed E-state index contributed by atoms with van der Waals surface area (Å²) in [5.74, 6) is -1.68. The highest BCUT2D eigenvalue weighted by Gasteiger charge is 2.22. The van der Waals surface area contributed by atoms with Crippen molar-refractivity contribution in [2.45, 2.75) is 6.04 Å². The van der Waals surface area contributed by atoms with Gasteiger partial charge in [-0.1, -0.05) is 0 Å². The van der Waals surface area contributed by atoms with Crippen molar-refractivity contribution in [3.8, 4) is 0 Å². The van der Waals surface area contributed by atoms with Crippen LogP contribution < -0.4 is 16.4 Å². The quantitative estimate of drug-likeness (QED) is 0.263. The predicted molar refractivity (Wildman–Crippen MR) is 57.2 cm³/mol. The maximum Gasteiger partial charge on any atom is 0.332 e. The van der Waals surface area contributed by atoms with Crippen molar-refractivity contribution in [3.05, 3.63) is 11.1 Å². The van der Waals surface area contributed by atoms with E-state index in [2.05, 4.69) is 15.6 Å². The molecule has 1 unspecified atom stereocenters. The molecule has 1 rings (SSSR count). The fourth-order valence-electron chi connectivity index (χ4n) is 0.953. The number of hydrogen-bond donors (Lipinski definition) is 5. The first-order valence-electron chi connectivity index (χ1n) is 4.03. The van der Waals surface area contributed by atoms with Gasteiger partial charge in [0.05, 0.1) is 5.69 Å². The standard InChI is InChI=1S/C7H9N5O3S/c8-6(9)12-4(5(14)15)3-1-16-7(11-3)10-2-13/h1-2,4H,(H,14,15)(H4,8,9,12)(H,10,11,13). The number of aromatic nitrogens is 1. The van der Waals surface area contributed by atoms with E-state index in [1.165, 1.54) is 5.38 Å². The van der Waals surface area contributed by atoms with E-state index in [4.69, 9.17) is 16.2 Å². The van der Waals surface area contributed by atoms with Crippen LogP contribution in [0.3, 0.4) is 0 Å². The molecule has 1 amide bonds. The molecule has 0 saturated carbocycles. The fraction of sp³-hybridized carbons (Fsp3) is 0.143. The number of nitrogens with two attached hydrogens (primary N) is 1. The number of carbonyl (C=O) groups is 2. The van der Waals surface area contributed by atoms with Gasteiger partial charge in [-0.15, -0.1) is 11.3 Å². The molecule has 0 aliphatic heterocycles. The Morgan fingerprint density at radius 1 is 1.75 bits per heavy atom. The molecule has 1 heterocycles. The summed E-state index contributed by atoms with van der Waals surface area (Å²) >= 11 is 1.08. The second-order valence-corrected chi connectivity index (χ2v) is 3.53. The Morgan fingerprint density at radius 3 is 2.94 bits per heavy atom. The van der Waals surface area contributed by atoms with E-state index in [1.54, 1.807) is 0 Å². The van der Waals surface area contributed by atoms with Crippen molar-refractivity contribution in [2.24, 2.45) is 5.73 Å². The van der Waals surface area contributed by atoms with Crippen LogP contribution in [0.25, 0.3) is 0 Å². The molecule has 1 aromatic heterocycles. The van der Waals surface area contributed by atoms with E-state index in [9.17, 15) is 9.59 Å². The van der Waals surface area contributed by atoms with Crippen molar-refractivity contribution >= 4 is 34.8 Å². The molecule has 16 heavy (non-hydrogen) atoms. The molecule has 0 saturated heterocycles. The van der Waals surface area contributed by atoms with Gasteiger partial charge >= 0.3 is 5.97 Å². The molecule has 1 aromatic rings. The normalized spacial score (nSPS) is 11.5. The van der Waals surface area contributed by atoms with Gasteiger partial charge in [0.2, 0.25) is 6.41 Å². The lowest BCUT2D eigenvalue weighted by Gasteiger charge is -2.11. The summed E-state index contributed by atoms with van der Waals surface area (Å²) in [6.45, 7) is 0. The molecule has 0 aliphatic rings. The lowest BCUT2D eigenvalue weighted by Crippen LogP contribution is -2.38. The van der Waals surface area contributed by atoms with Crippen LogP contribution in [0.5, 0.6) is 0 Å². The maximum atomic E-state index is 10.9. The maximum absolute atomic E-state index is 10.9. The van der Waals surface area contributed by atoms with Crippen LogP contribution in [0.4, 0.5) is 5.13 Å². The molecule has 0 aliphatic carbocycles. The molecule has 0 fully saturated rings. The van der Waals surface area contributed by atoms with Crippen LogP contribution >= 0.6 is 11.3 Å². The smallest absolute Gasteiger partial charge is 0.332 e. The summed E-state index contributed by atoms with van der Waals surface area (Å²) < 4.78 is 0. The lowest BCUT2D eigenvalue weighted by molar-refractivity contribution is -0.139. The van der Waals surface area contributed by atoms with Crippen LogP contribution in [0.1, 0.15) is 11.7 Å². The van der Waals surface area contributed by atoms with Crippen LogP contribution in [0.15, 0.2) is 5.38 Å². The van der Waals surface area contributed by atoms with Gasteiger partial charge in [-0.3, -0.25) is 10.2 Å². The summed E-state index contributed by atoms with van der Waals surface area (Å²) in [4.78, 5) is 24.9. The fourth-order valence-corrected chi connectivity index (χ4v) is 1.65. The van der Waals surface area contributed by atoms with E-state index < -0.39 is 18.0 Å². The average Bonchev–Trinajstić information content (AvgIpc) is 2.62. The van der Waals surface area contributed by atoms with Gasteiger partial charge < -0.3 is 21.5 Å². The molecule has 86 valence electrons. The number of carboxylic acid groups (broad SMARTS) is 1. The topological polar surface area (TPSA) is 141 Å². The van der Waals surface area contributed by atoms with Gasteiger partial charge in [-0.25, -0.2) is 9.78 Å². The van der Waals surface area contributed by atoms with Crippen LogP contribution in [0.2, 0.25) is 0 Å². The largest absolute Gasteiger partial charge is 0.479 e. The summed E-state index contributed by atoms with van der Waals surface area (Å²) in [5, 5.41) is 22.1. The third-order valence-corrected chi connectivity index (χ3v) is 2.34. The first kappa shape index (κ1) is 11.9. The molecule has 0 spiro atoms. The van der Waals surface area contributed by atoms with Crippen LogP contribution in [0, 0.1) is 5.41 Å². The Labute approximate surface area is 94.0 Å². The first-order valence-corrected chi connectivity index (χ1v) is 4.91. The van der Waals surface area contributed by atoms with Crippen molar-refractivity contribution in [1.29, 1.82) is 5.41 Å². The zero-order valence-corrected chi connectivity index (χ0v) is 8.75. The molecule has 0 aromatic carbocycles. The molecule has 9 heteroatoms. The SMILES string of the molecule is N=C(N)NC(C(=O)O)c1csc(NC=O)n1. The first-order chi connectivity index (χ1) is 7.54. The average molecular weight is 243 g/mol. The summed E-state index contributed by atoms with van der Waals surface area (Å²) in [6, 6.07) is -1.20. The number of carbonyl (C=O) groups excluding carboxylic acids is 1. The van der Waals surface area contributed by atoms with Crippen LogP contribution in [-0.4, -0.2) is 28.4 Å². The van der Waals surface area contributed by atoms with Crippen molar-refractivity contribution < 1.29 is 14.7 Å². The van der Waals surface area contributed by atoms with Crippen molar-refractivity contribution in [2.75, 3.05) is 5.32 Å². The van der Waals surface area contributed by atoms with Gasteiger partial charge in [0, 0.05) is 5.38 Å². The highest BCUT2D eigenvalue weighted by molar-refractivity contribution is 7.13. The Bertz CT molecular complexity index is 418. The number of guanidine groups is 1. The number of thiazole rings is 1. The van der Waals surface area contributed by atoms with Crippen molar-refractivity contribution in [1.82, 2.24) is 10.3 Å².